The van der Waals surface area contributed by atoms with Gasteiger partial charge in [-0.05, 0) is 66.1 Å². The molecule has 0 spiro atoms. The fraction of sp³-hybridized carbons (Fsp3) is 0.214. The van der Waals surface area contributed by atoms with Crippen LogP contribution in [0.15, 0.2) is 82.9 Å². The number of hydrogen-bond acceptors (Lipinski definition) is 6. The molecule has 0 saturated heterocycles. The average molecular weight is 533 g/mol. The number of halogens is 1. The predicted octanol–water partition coefficient (Wildman–Crippen LogP) is 5.83. The summed E-state index contributed by atoms with van der Waals surface area (Å²) in [5.74, 6) is 0.208. The van der Waals surface area contributed by atoms with Crippen LogP contribution >= 0.6 is 23.4 Å². The van der Waals surface area contributed by atoms with E-state index in [9.17, 15) is 9.59 Å². The maximum Gasteiger partial charge on any atom is 0.262 e. The minimum atomic E-state index is -0.606. The van der Waals surface area contributed by atoms with Gasteiger partial charge in [0.1, 0.15) is 11.0 Å². The van der Waals surface area contributed by atoms with E-state index in [-0.39, 0.29) is 24.3 Å². The van der Waals surface area contributed by atoms with E-state index in [1.54, 1.807) is 12.1 Å². The number of carbonyl (C=O) groups excluding carboxylic acids is 2. The van der Waals surface area contributed by atoms with E-state index in [0.717, 1.165) is 33.8 Å². The quantitative estimate of drug-likeness (QED) is 0.431. The van der Waals surface area contributed by atoms with Crippen molar-refractivity contribution in [2.24, 2.45) is 10.1 Å². The number of aryl methyl sites for hydroxylation is 1. The molecule has 3 aromatic rings. The third-order valence-electron chi connectivity index (χ3n) is 6.30. The molecule has 2 atom stereocenters. The number of carbonyl (C=O) groups is 2. The van der Waals surface area contributed by atoms with Gasteiger partial charge in [0.05, 0.1) is 18.9 Å². The van der Waals surface area contributed by atoms with Crippen molar-refractivity contribution in [1.82, 2.24) is 5.01 Å². The van der Waals surface area contributed by atoms with Crippen LogP contribution in [0.1, 0.15) is 35.6 Å². The molecule has 2 aliphatic heterocycles. The van der Waals surface area contributed by atoms with Gasteiger partial charge in [-0.2, -0.15) is 10.1 Å². The largest absolute Gasteiger partial charge is 0.497 e. The third kappa shape index (κ3) is 5.55. The van der Waals surface area contributed by atoms with E-state index in [4.69, 9.17) is 21.4 Å². The Hall–Kier alpha value is -3.62. The highest BCUT2D eigenvalue weighted by molar-refractivity contribution is 8.15. The van der Waals surface area contributed by atoms with Crippen molar-refractivity contribution in [2.75, 3.05) is 12.4 Å². The summed E-state index contributed by atoms with van der Waals surface area (Å²) in [5, 5.41) is 10.1. The molecule has 7 nitrogen and oxygen atoms in total. The summed E-state index contributed by atoms with van der Waals surface area (Å²) < 4.78 is 5.28. The number of hydrazone groups is 1. The van der Waals surface area contributed by atoms with Gasteiger partial charge in [0, 0.05) is 23.6 Å². The highest BCUT2D eigenvalue weighted by Gasteiger charge is 2.39. The van der Waals surface area contributed by atoms with Gasteiger partial charge >= 0.3 is 0 Å². The molecular formula is C28H25ClN4O3S. The SMILES string of the molecule is COc1ccc(C2=NN(C3=NC(=O)C(CC(=O)Nc4ccccc4C)S3)C(c3ccc(Cl)cc3)C2)cc1. The lowest BCUT2D eigenvalue weighted by atomic mass is 9.98. The van der Waals surface area contributed by atoms with Crippen molar-refractivity contribution < 1.29 is 14.3 Å². The zero-order chi connectivity index (χ0) is 25.9. The number of anilines is 1. The van der Waals surface area contributed by atoms with Crippen molar-refractivity contribution in [2.45, 2.75) is 31.1 Å². The summed E-state index contributed by atoms with van der Waals surface area (Å²) in [5.41, 5.74) is 4.54. The Kier molecular flexibility index (Phi) is 7.30. The second-order valence-corrected chi connectivity index (χ2v) is 10.4. The lowest BCUT2D eigenvalue weighted by Crippen LogP contribution is -2.25. The molecule has 1 N–H and O–H groups in total. The molecule has 2 heterocycles. The van der Waals surface area contributed by atoms with Crippen molar-refractivity contribution in [3.05, 3.63) is 94.5 Å². The summed E-state index contributed by atoms with van der Waals surface area (Å²) in [4.78, 5) is 29.8. The summed E-state index contributed by atoms with van der Waals surface area (Å²) >= 11 is 7.40. The molecule has 9 heteroatoms. The highest BCUT2D eigenvalue weighted by atomic mass is 35.5. The summed E-state index contributed by atoms with van der Waals surface area (Å²) in [6.07, 6.45) is 0.652. The number of hydrogen-bond donors (Lipinski definition) is 1. The summed E-state index contributed by atoms with van der Waals surface area (Å²) in [6.45, 7) is 1.93. The highest BCUT2D eigenvalue weighted by Crippen LogP contribution is 2.39. The van der Waals surface area contributed by atoms with Crippen LogP contribution in [-0.2, 0) is 9.59 Å². The van der Waals surface area contributed by atoms with E-state index < -0.39 is 5.25 Å². The Balaban J connectivity index is 1.36. The smallest absolute Gasteiger partial charge is 0.262 e. The fourth-order valence-corrected chi connectivity index (χ4v) is 5.46. The van der Waals surface area contributed by atoms with Crippen LogP contribution in [0.4, 0.5) is 5.69 Å². The Labute approximate surface area is 224 Å². The number of aliphatic imine (C=N–C) groups is 1. The van der Waals surface area contributed by atoms with Crippen LogP contribution in [0.2, 0.25) is 5.02 Å². The molecule has 0 aliphatic carbocycles. The van der Waals surface area contributed by atoms with Crippen LogP contribution in [-0.4, -0.2) is 40.1 Å². The average Bonchev–Trinajstić information content (AvgIpc) is 3.50. The molecule has 5 rings (SSSR count). The third-order valence-corrected chi connectivity index (χ3v) is 7.70. The van der Waals surface area contributed by atoms with Gasteiger partial charge in [0.15, 0.2) is 5.17 Å². The maximum absolute atomic E-state index is 12.8. The number of para-hydroxylation sites is 1. The molecule has 0 saturated carbocycles. The first-order chi connectivity index (χ1) is 17.9. The van der Waals surface area contributed by atoms with Crippen molar-refractivity contribution in [3.63, 3.8) is 0 Å². The van der Waals surface area contributed by atoms with E-state index in [0.29, 0.717) is 16.6 Å². The Morgan fingerprint density at radius 2 is 1.84 bits per heavy atom. The molecule has 0 bridgehead atoms. The second-order valence-electron chi connectivity index (χ2n) is 8.80. The van der Waals surface area contributed by atoms with Crippen LogP contribution in [0, 0.1) is 6.92 Å². The standard InChI is InChI=1S/C28H25ClN4O3S/c1-17-5-3-4-6-22(17)30-26(34)16-25-27(35)31-28(37-25)33-24(19-7-11-20(29)12-8-19)15-23(32-33)18-9-13-21(36-2)14-10-18/h3-14,24-25H,15-16H2,1-2H3,(H,30,34). The number of thioether (sulfide) groups is 1. The number of amides is 2. The van der Waals surface area contributed by atoms with Crippen LogP contribution in [0.25, 0.3) is 0 Å². The maximum atomic E-state index is 12.8. The number of amidine groups is 1. The summed E-state index contributed by atoms with van der Waals surface area (Å²) in [7, 11) is 1.63. The van der Waals surface area contributed by atoms with E-state index in [1.165, 1.54) is 11.8 Å². The first kappa shape index (κ1) is 25.0. The molecule has 0 fully saturated rings. The number of methoxy groups -OCH3 is 1. The number of nitrogens with zero attached hydrogens (tertiary/aromatic N) is 3. The van der Waals surface area contributed by atoms with Crippen molar-refractivity contribution in [3.8, 4) is 5.75 Å². The van der Waals surface area contributed by atoms with Crippen molar-refractivity contribution in [1.29, 1.82) is 0 Å². The predicted molar refractivity (Wildman–Crippen MR) is 148 cm³/mol. The van der Waals surface area contributed by atoms with Gasteiger partial charge in [-0.1, -0.05) is 53.7 Å². The Morgan fingerprint density at radius 3 is 2.54 bits per heavy atom. The monoisotopic (exact) mass is 532 g/mol. The van der Waals surface area contributed by atoms with Gasteiger partial charge in [-0.15, -0.1) is 0 Å². The van der Waals surface area contributed by atoms with Gasteiger partial charge in [-0.25, -0.2) is 5.01 Å². The molecule has 0 radical (unpaired) electrons. The lowest BCUT2D eigenvalue weighted by molar-refractivity contribution is -0.121. The van der Waals surface area contributed by atoms with E-state index >= 15 is 0 Å². The van der Waals surface area contributed by atoms with E-state index in [1.807, 2.05) is 79.7 Å². The molecule has 3 aromatic carbocycles. The van der Waals surface area contributed by atoms with Crippen LogP contribution in [0.3, 0.4) is 0 Å². The van der Waals surface area contributed by atoms with Gasteiger partial charge in [0.25, 0.3) is 5.91 Å². The summed E-state index contributed by atoms with van der Waals surface area (Å²) in [6, 6.07) is 22.7. The minimum Gasteiger partial charge on any atom is -0.497 e. The molecule has 188 valence electrons. The second kappa shape index (κ2) is 10.8. The fourth-order valence-electron chi connectivity index (χ4n) is 4.28. The molecular weight excluding hydrogens is 508 g/mol. The topological polar surface area (TPSA) is 83.4 Å². The Bertz CT molecular complexity index is 1390. The van der Waals surface area contributed by atoms with E-state index in [2.05, 4.69) is 10.3 Å². The molecule has 0 aromatic heterocycles. The molecule has 2 unspecified atom stereocenters. The first-order valence-corrected chi connectivity index (χ1v) is 13.1. The number of ether oxygens (including phenoxy) is 1. The first-order valence-electron chi connectivity index (χ1n) is 11.8. The van der Waals surface area contributed by atoms with Gasteiger partial charge in [0.2, 0.25) is 5.91 Å². The lowest BCUT2D eigenvalue weighted by Gasteiger charge is -2.23. The zero-order valence-corrected chi connectivity index (χ0v) is 21.9. The van der Waals surface area contributed by atoms with Crippen LogP contribution in [0.5, 0.6) is 5.75 Å². The zero-order valence-electron chi connectivity index (χ0n) is 20.3. The number of nitrogens with one attached hydrogen (secondary N) is 1. The molecule has 37 heavy (non-hydrogen) atoms. The normalized spacial score (nSPS) is 19.0. The number of rotatable bonds is 6. The van der Waals surface area contributed by atoms with Crippen LogP contribution < -0.4 is 10.1 Å². The minimum absolute atomic E-state index is 0.0271. The molecule has 2 amide bonds. The van der Waals surface area contributed by atoms with Gasteiger partial charge < -0.3 is 10.1 Å². The molecule has 2 aliphatic rings. The number of benzene rings is 3. The Morgan fingerprint density at radius 1 is 1.11 bits per heavy atom. The van der Waals surface area contributed by atoms with Crippen molar-refractivity contribution >= 4 is 51.7 Å². The van der Waals surface area contributed by atoms with Gasteiger partial charge in [-0.3, -0.25) is 9.59 Å².